The van der Waals surface area contributed by atoms with Crippen LogP contribution in [-0.4, -0.2) is 37.8 Å². The van der Waals surface area contributed by atoms with Gasteiger partial charge in [-0.15, -0.1) is 0 Å². The van der Waals surface area contributed by atoms with Crippen molar-refractivity contribution >= 4 is 26.9 Å². The number of nitrogens with zero attached hydrogens (tertiary/aromatic N) is 1. The van der Waals surface area contributed by atoms with Crippen LogP contribution in [0.1, 0.15) is 88.3 Å². The van der Waals surface area contributed by atoms with Crippen molar-refractivity contribution in [3.63, 3.8) is 0 Å². The SMILES string of the molecule is CCCCN(CCCC)S(=O)(=O)c1ccc2oc(C(=O)N[C@H]3CCCC[C@H]3C)c(C)c2c1. The number of nitrogens with one attached hydrogen (secondary N) is 1. The summed E-state index contributed by atoms with van der Waals surface area (Å²) in [5, 5.41) is 3.82. The molecule has 0 aliphatic heterocycles. The smallest absolute Gasteiger partial charge is 0.287 e. The molecular weight excluding hydrogens is 424 g/mol. The molecule has 178 valence electrons. The molecular formula is C25H38N2O4S. The topological polar surface area (TPSA) is 79.6 Å². The molecule has 0 radical (unpaired) electrons. The quantitative estimate of drug-likeness (QED) is 0.495. The van der Waals surface area contributed by atoms with Gasteiger partial charge in [-0.1, -0.05) is 46.5 Å². The van der Waals surface area contributed by atoms with Crippen molar-refractivity contribution < 1.29 is 17.6 Å². The first-order valence-electron chi connectivity index (χ1n) is 12.1. The number of carbonyl (C=O) groups is 1. The summed E-state index contributed by atoms with van der Waals surface area (Å²) < 4.78 is 34.2. The standard InChI is InChI=1S/C25H38N2O4S/c1-5-7-15-27(16-8-6-2)32(29,30)20-13-14-23-21(17-20)19(4)24(31-23)25(28)26-22-12-10-9-11-18(22)3/h13-14,17-18,22H,5-12,15-16H2,1-4H3,(H,26,28)/t18-,22+/m1/s1. The third-order valence-corrected chi connectivity index (χ3v) is 8.60. The Bertz CT molecular complexity index is 1020. The second kappa shape index (κ2) is 10.8. The van der Waals surface area contributed by atoms with Crippen molar-refractivity contribution in [1.29, 1.82) is 0 Å². The lowest BCUT2D eigenvalue weighted by atomic mass is 9.86. The Labute approximate surface area is 192 Å². The van der Waals surface area contributed by atoms with Gasteiger partial charge in [-0.05, 0) is 56.7 Å². The number of furan rings is 1. The van der Waals surface area contributed by atoms with Crippen LogP contribution >= 0.6 is 0 Å². The van der Waals surface area contributed by atoms with Gasteiger partial charge in [-0.25, -0.2) is 8.42 Å². The van der Waals surface area contributed by atoms with Crippen molar-refractivity contribution in [2.75, 3.05) is 13.1 Å². The highest BCUT2D eigenvalue weighted by Crippen LogP contribution is 2.30. The Kier molecular flexibility index (Phi) is 8.39. The molecule has 2 aromatic rings. The molecule has 1 aromatic carbocycles. The average Bonchev–Trinajstić information content (AvgIpc) is 3.11. The zero-order valence-corrected chi connectivity index (χ0v) is 20.8. The summed E-state index contributed by atoms with van der Waals surface area (Å²) in [6.45, 7) is 9.17. The van der Waals surface area contributed by atoms with E-state index in [1.807, 2.05) is 6.92 Å². The lowest BCUT2D eigenvalue weighted by molar-refractivity contribution is 0.0883. The molecule has 32 heavy (non-hydrogen) atoms. The lowest BCUT2D eigenvalue weighted by Gasteiger charge is -2.29. The normalized spacial score (nSPS) is 19.5. The maximum atomic E-state index is 13.4. The molecule has 1 aliphatic rings. The molecule has 0 bridgehead atoms. The first-order chi connectivity index (χ1) is 15.3. The molecule has 0 unspecified atom stereocenters. The van der Waals surface area contributed by atoms with Crippen LogP contribution in [0.2, 0.25) is 0 Å². The summed E-state index contributed by atoms with van der Waals surface area (Å²) in [4.78, 5) is 13.2. The monoisotopic (exact) mass is 462 g/mol. The van der Waals surface area contributed by atoms with Crippen LogP contribution in [0.25, 0.3) is 11.0 Å². The number of fused-ring (bicyclic) bond motifs is 1. The number of hydrogen-bond donors (Lipinski definition) is 1. The highest BCUT2D eigenvalue weighted by Gasteiger charge is 2.28. The van der Waals surface area contributed by atoms with Gasteiger partial charge in [-0.2, -0.15) is 4.31 Å². The Hall–Kier alpha value is -1.86. The van der Waals surface area contributed by atoms with E-state index in [1.165, 1.54) is 6.42 Å². The fourth-order valence-electron chi connectivity index (χ4n) is 4.51. The molecule has 1 aliphatic carbocycles. The summed E-state index contributed by atoms with van der Waals surface area (Å²) in [5.41, 5.74) is 1.23. The number of benzene rings is 1. The molecule has 3 rings (SSSR count). The van der Waals surface area contributed by atoms with E-state index in [0.29, 0.717) is 35.5 Å². The van der Waals surface area contributed by atoms with Crippen LogP contribution in [0.15, 0.2) is 27.5 Å². The van der Waals surface area contributed by atoms with Gasteiger partial charge in [0.1, 0.15) is 5.58 Å². The van der Waals surface area contributed by atoms with E-state index in [-0.39, 0.29) is 22.6 Å². The van der Waals surface area contributed by atoms with E-state index in [2.05, 4.69) is 26.1 Å². The summed E-state index contributed by atoms with van der Waals surface area (Å²) >= 11 is 0. The van der Waals surface area contributed by atoms with Crippen LogP contribution < -0.4 is 5.32 Å². The average molecular weight is 463 g/mol. The van der Waals surface area contributed by atoms with E-state index < -0.39 is 10.0 Å². The highest BCUT2D eigenvalue weighted by atomic mass is 32.2. The Morgan fingerprint density at radius 3 is 2.41 bits per heavy atom. The highest BCUT2D eigenvalue weighted by molar-refractivity contribution is 7.89. The van der Waals surface area contributed by atoms with E-state index in [1.54, 1.807) is 22.5 Å². The molecule has 2 atom stereocenters. The van der Waals surface area contributed by atoms with Crippen LogP contribution in [0.3, 0.4) is 0 Å². The second-order valence-electron chi connectivity index (χ2n) is 9.17. The maximum absolute atomic E-state index is 13.4. The number of aryl methyl sites for hydroxylation is 1. The minimum absolute atomic E-state index is 0.158. The zero-order chi connectivity index (χ0) is 23.3. The van der Waals surface area contributed by atoms with Crippen molar-refractivity contribution in [2.45, 2.75) is 90.0 Å². The van der Waals surface area contributed by atoms with Gasteiger partial charge in [0.25, 0.3) is 5.91 Å². The van der Waals surface area contributed by atoms with Gasteiger partial charge in [0.05, 0.1) is 4.90 Å². The molecule has 1 heterocycles. The van der Waals surface area contributed by atoms with Crippen molar-refractivity contribution in [1.82, 2.24) is 9.62 Å². The number of rotatable bonds is 10. The van der Waals surface area contributed by atoms with Crippen molar-refractivity contribution in [3.8, 4) is 0 Å². The third-order valence-electron chi connectivity index (χ3n) is 6.70. The molecule has 0 saturated heterocycles. The number of hydrogen-bond acceptors (Lipinski definition) is 4. The Morgan fingerprint density at radius 2 is 1.78 bits per heavy atom. The van der Waals surface area contributed by atoms with Crippen LogP contribution in [0.5, 0.6) is 0 Å². The van der Waals surface area contributed by atoms with Crippen LogP contribution in [0.4, 0.5) is 0 Å². The predicted molar refractivity (Wildman–Crippen MR) is 128 cm³/mol. The van der Waals surface area contributed by atoms with Gasteiger partial charge in [-0.3, -0.25) is 4.79 Å². The zero-order valence-electron chi connectivity index (χ0n) is 19.9. The molecule has 1 N–H and O–H groups in total. The Morgan fingerprint density at radius 1 is 1.12 bits per heavy atom. The minimum Gasteiger partial charge on any atom is -0.451 e. The fraction of sp³-hybridized carbons (Fsp3) is 0.640. The summed E-state index contributed by atoms with van der Waals surface area (Å²) in [6, 6.07) is 5.09. The van der Waals surface area contributed by atoms with Gasteiger partial charge >= 0.3 is 0 Å². The number of amides is 1. The van der Waals surface area contributed by atoms with E-state index in [0.717, 1.165) is 44.9 Å². The predicted octanol–water partition coefficient (Wildman–Crippen LogP) is 5.64. The fourth-order valence-corrected chi connectivity index (χ4v) is 6.06. The first-order valence-corrected chi connectivity index (χ1v) is 13.6. The van der Waals surface area contributed by atoms with Crippen molar-refractivity contribution in [2.24, 2.45) is 5.92 Å². The Balaban J connectivity index is 1.88. The van der Waals surface area contributed by atoms with Gasteiger partial charge in [0.2, 0.25) is 10.0 Å². The number of unbranched alkanes of at least 4 members (excludes halogenated alkanes) is 2. The first kappa shape index (κ1) is 24.8. The molecule has 0 spiro atoms. The van der Waals surface area contributed by atoms with Crippen LogP contribution in [-0.2, 0) is 10.0 Å². The lowest BCUT2D eigenvalue weighted by Crippen LogP contribution is -2.41. The maximum Gasteiger partial charge on any atom is 0.287 e. The van der Waals surface area contributed by atoms with E-state index >= 15 is 0 Å². The molecule has 1 fully saturated rings. The number of sulfonamides is 1. The number of carbonyl (C=O) groups excluding carboxylic acids is 1. The molecule has 1 amide bonds. The summed E-state index contributed by atoms with van der Waals surface area (Å²) in [7, 11) is -3.60. The van der Waals surface area contributed by atoms with Gasteiger partial charge in [0, 0.05) is 30.1 Å². The second-order valence-corrected chi connectivity index (χ2v) is 11.1. The summed E-state index contributed by atoms with van der Waals surface area (Å²) in [5.74, 6) is 0.516. The molecule has 1 saturated carbocycles. The molecule has 1 aromatic heterocycles. The van der Waals surface area contributed by atoms with Crippen molar-refractivity contribution in [3.05, 3.63) is 29.5 Å². The summed E-state index contributed by atoms with van der Waals surface area (Å²) in [6.07, 6.45) is 7.99. The van der Waals surface area contributed by atoms with Crippen LogP contribution in [0, 0.1) is 12.8 Å². The van der Waals surface area contributed by atoms with E-state index in [9.17, 15) is 13.2 Å². The minimum atomic E-state index is -3.60. The van der Waals surface area contributed by atoms with E-state index in [4.69, 9.17) is 4.42 Å². The molecule has 6 nitrogen and oxygen atoms in total. The molecule has 7 heteroatoms. The largest absolute Gasteiger partial charge is 0.451 e. The van der Waals surface area contributed by atoms with Gasteiger partial charge < -0.3 is 9.73 Å². The third kappa shape index (κ3) is 5.37. The van der Waals surface area contributed by atoms with Gasteiger partial charge in [0.15, 0.2) is 5.76 Å².